The average molecular weight is 303 g/mol. The van der Waals surface area contributed by atoms with E-state index in [1.165, 1.54) is 19.2 Å². The number of nitrogens with one attached hydrogen (secondary N) is 2. The Morgan fingerprint density at radius 1 is 1.36 bits per heavy atom. The molecule has 1 saturated heterocycles. The third-order valence-electron chi connectivity index (χ3n) is 4.10. The minimum Gasteiger partial charge on any atom is -0.493 e. The third-order valence-corrected chi connectivity index (χ3v) is 4.10. The van der Waals surface area contributed by atoms with E-state index >= 15 is 0 Å². The highest BCUT2D eigenvalue weighted by atomic mass is 16.5. The van der Waals surface area contributed by atoms with Crippen LogP contribution in [-0.2, 0) is 0 Å². The first-order valence-corrected chi connectivity index (χ1v) is 7.67. The van der Waals surface area contributed by atoms with Gasteiger partial charge >= 0.3 is 0 Å². The maximum atomic E-state index is 11.8. The Morgan fingerprint density at radius 2 is 2.27 bits per heavy atom. The van der Waals surface area contributed by atoms with E-state index in [1.807, 2.05) is 0 Å². The SMILES string of the molecule is COc1cc2c(=O)[nH]cnc2cc1OCCCC1CCNC1. The molecule has 1 aliphatic rings. The summed E-state index contributed by atoms with van der Waals surface area (Å²) >= 11 is 0. The lowest BCUT2D eigenvalue weighted by atomic mass is 10.0. The first kappa shape index (κ1) is 14.8. The molecule has 1 unspecified atom stereocenters. The van der Waals surface area contributed by atoms with E-state index in [0.717, 1.165) is 25.4 Å². The van der Waals surface area contributed by atoms with Gasteiger partial charge in [0.25, 0.3) is 5.56 Å². The van der Waals surface area contributed by atoms with Gasteiger partial charge in [-0.25, -0.2) is 4.98 Å². The van der Waals surface area contributed by atoms with Crippen LogP contribution in [-0.4, -0.2) is 36.8 Å². The molecule has 0 bridgehead atoms. The van der Waals surface area contributed by atoms with Gasteiger partial charge in [-0.05, 0) is 44.3 Å². The molecule has 0 saturated carbocycles. The van der Waals surface area contributed by atoms with Gasteiger partial charge in [0.1, 0.15) is 0 Å². The summed E-state index contributed by atoms with van der Waals surface area (Å²) in [5, 5.41) is 3.88. The summed E-state index contributed by atoms with van der Waals surface area (Å²) in [5.41, 5.74) is 0.433. The van der Waals surface area contributed by atoms with Crippen molar-refractivity contribution in [1.29, 1.82) is 0 Å². The quantitative estimate of drug-likeness (QED) is 0.794. The van der Waals surface area contributed by atoms with Gasteiger partial charge in [-0.15, -0.1) is 0 Å². The number of hydrogen-bond acceptors (Lipinski definition) is 5. The lowest BCUT2D eigenvalue weighted by molar-refractivity contribution is 0.278. The number of fused-ring (bicyclic) bond motifs is 1. The first-order valence-electron chi connectivity index (χ1n) is 7.67. The number of rotatable bonds is 6. The molecular weight excluding hydrogens is 282 g/mol. The minimum atomic E-state index is -0.177. The largest absolute Gasteiger partial charge is 0.493 e. The molecular formula is C16H21N3O3. The van der Waals surface area contributed by atoms with Crippen molar-refractivity contribution >= 4 is 10.9 Å². The average Bonchev–Trinajstić information content (AvgIpc) is 3.04. The van der Waals surface area contributed by atoms with Crippen LogP contribution in [0.3, 0.4) is 0 Å². The van der Waals surface area contributed by atoms with Crippen LogP contribution in [0.2, 0.25) is 0 Å². The zero-order chi connectivity index (χ0) is 15.4. The molecule has 1 atom stereocenters. The number of H-pyrrole nitrogens is 1. The van der Waals surface area contributed by atoms with Crippen molar-refractivity contribution in [2.75, 3.05) is 26.8 Å². The fraction of sp³-hybridized carbons (Fsp3) is 0.500. The number of nitrogens with zero attached hydrogens (tertiary/aromatic N) is 1. The number of benzene rings is 1. The molecule has 1 aliphatic heterocycles. The van der Waals surface area contributed by atoms with E-state index in [1.54, 1.807) is 19.2 Å². The molecule has 0 amide bonds. The normalized spacial score (nSPS) is 17.8. The van der Waals surface area contributed by atoms with Crippen LogP contribution >= 0.6 is 0 Å². The van der Waals surface area contributed by atoms with Gasteiger partial charge in [0.15, 0.2) is 11.5 Å². The van der Waals surface area contributed by atoms with Crippen LogP contribution < -0.4 is 20.3 Å². The van der Waals surface area contributed by atoms with Crippen LogP contribution in [0.15, 0.2) is 23.3 Å². The highest BCUT2D eigenvalue weighted by Gasteiger charge is 2.14. The molecule has 2 N–H and O–H groups in total. The number of aromatic nitrogens is 2. The molecule has 3 rings (SSSR count). The van der Waals surface area contributed by atoms with Gasteiger partial charge < -0.3 is 19.8 Å². The highest BCUT2D eigenvalue weighted by molar-refractivity contribution is 5.81. The van der Waals surface area contributed by atoms with Crippen LogP contribution in [0, 0.1) is 5.92 Å². The van der Waals surface area contributed by atoms with Crippen LogP contribution in [0.1, 0.15) is 19.3 Å². The van der Waals surface area contributed by atoms with Gasteiger partial charge in [-0.1, -0.05) is 0 Å². The minimum absolute atomic E-state index is 0.177. The number of hydrogen-bond donors (Lipinski definition) is 2. The molecule has 118 valence electrons. The van der Waals surface area contributed by atoms with Crippen molar-refractivity contribution < 1.29 is 9.47 Å². The molecule has 0 aliphatic carbocycles. The lowest BCUT2D eigenvalue weighted by Crippen LogP contribution is -2.10. The molecule has 6 nitrogen and oxygen atoms in total. The summed E-state index contributed by atoms with van der Waals surface area (Å²) in [6.45, 7) is 2.89. The molecule has 2 heterocycles. The van der Waals surface area contributed by atoms with E-state index in [9.17, 15) is 4.79 Å². The van der Waals surface area contributed by atoms with Gasteiger partial charge in [-0.2, -0.15) is 0 Å². The molecule has 22 heavy (non-hydrogen) atoms. The zero-order valence-corrected chi connectivity index (χ0v) is 12.7. The van der Waals surface area contributed by atoms with Crippen molar-refractivity contribution in [2.24, 2.45) is 5.92 Å². The monoisotopic (exact) mass is 303 g/mol. The second-order valence-electron chi connectivity index (χ2n) is 5.60. The molecule has 0 spiro atoms. The summed E-state index contributed by atoms with van der Waals surface area (Å²) in [4.78, 5) is 18.5. The first-order chi connectivity index (χ1) is 10.8. The fourth-order valence-corrected chi connectivity index (χ4v) is 2.86. The van der Waals surface area contributed by atoms with Crippen LogP contribution in [0.25, 0.3) is 10.9 Å². The van der Waals surface area contributed by atoms with Crippen molar-refractivity contribution in [3.8, 4) is 11.5 Å². The van der Waals surface area contributed by atoms with Gasteiger partial charge in [-0.3, -0.25) is 4.79 Å². The smallest absolute Gasteiger partial charge is 0.258 e. The third kappa shape index (κ3) is 3.22. The Morgan fingerprint density at radius 3 is 3.05 bits per heavy atom. The standard InChI is InChI=1S/C16H21N3O3/c1-21-14-7-12-13(18-10-19-16(12)20)8-15(14)22-6-2-3-11-4-5-17-9-11/h7-8,10-11,17H,2-6,9H2,1H3,(H,18,19,20). The number of methoxy groups -OCH3 is 1. The highest BCUT2D eigenvalue weighted by Crippen LogP contribution is 2.30. The lowest BCUT2D eigenvalue weighted by Gasteiger charge is -2.12. The number of aromatic amines is 1. The molecule has 2 aromatic rings. The summed E-state index contributed by atoms with van der Waals surface area (Å²) in [5.74, 6) is 1.97. The van der Waals surface area contributed by atoms with Crippen molar-refractivity contribution in [3.63, 3.8) is 0 Å². The topological polar surface area (TPSA) is 76.2 Å². The van der Waals surface area contributed by atoms with Gasteiger partial charge in [0.05, 0.1) is 30.9 Å². The van der Waals surface area contributed by atoms with Crippen LogP contribution in [0.5, 0.6) is 11.5 Å². The second kappa shape index (κ2) is 6.79. The zero-order valence-electron chi connectivity index (χ0n) is 12.7. The van der Waals surface area contributed by atoms with Crippen molar-refractivity contribution in [3.05, 3.63) is 28.8 Å². The molecule has 6 heteroatoms. The maximum Gasteiger partial charge on any atom is 0.258 e. The van der Waals surface area contributed by atoms with Gasteiger partial charge in [0, 0.05) is 6.07 Å². The Labute approximate surface area is 128 Å². The predicted octanol–water partition coefficient (Wildman–Crippen LogP) is 1.70. The fourth-order valence-electron chi connectivity index (χ4n) is 2.86. The van der Waals surface area contributed by atoms with E-state index < -0.39 is 0 Å². The Bertz CT molecular complexity index is 693. The maximum absolute atomic E-state index is 11.8. The Hall–Kier alpha value is -2.08. The summed E-state index contributed by atoms with van der Waals surface area (Å²) in [7, 11) is 1.57. The van der Waals surface area contributed by atoms with E-state index in [2.05, 4.69) is 15.3 Å². The summed E-state index contributed by atoms with van der Waals surface area (Å²) < 4.78 is 11.2. The van der Waals surface area contributed by atoms with E-state index in [0.29, 0.717) is 29.0 Å². The molecule has 0 radical (unpaired) electrons. The Balaban J connectivity index is 1.68. The van der Waals surface area contributed by atoms with Gasteiger partial charge in [0.2, 0.25) is 0 Å². The number of ether oxygens (including phenoxy) is 2. The van der Waals surface area contributed by atoms with Crippen molar-refractivity contribution in [2.45, 2.75) is 19.3 Å². The summed E-state index contributed by atoms with van der Waals surface area (Å²) in [6, 6.07) is 3.44. The van der Waals surface area contributed by atoms with E-state index in [4.69, 9.17) is 9.47 Å². The predicted molar refractivity (Wildman–Crippen MR) is 84.6 cm³/mol. The summed E-state index contributed by atoms with van der Waals surface area (Å²) in [6.07, 6.45) is 4.83. The molecule has 1 aromatic carbocycles. The van der Waals surface area contributed by atoms with E-state index in [-0.39, 0.29) is 5.56 Å². The molecule has 1 fully saturated rings. The molecule has 1 aromatic heterocycles. The Kier molecular flexibility index (Phi) is 4.58. The van der Waals surface area contributed by atoms with Crippen molar-refractivity contribution in [1.82, 2.24) is 15.3 Å². The van der Waals surface area contributed by atoms with Crippen LogP contribution in [0.4, 0.5) is 0 Å². The second-order valence-corrected chi connectivity index (χ2v) is 5.60.